The standard InChI is InChI=1S/C13H23NO5S/c1-8(2)5-10(13(18)19-4)14-11(15)7-20-9(3)6-12(16)17/h8-10H,5-7H2,1-4H3,(H,14,15)(H,16,17). The number of esters is 1. The molecule has 1 amide bonds. The quantitative estimate of drug-likeness (QED) is 0.624. The van der Waals surface area contributed by atoms with Gasteiger partial charge in [0.05, 0.1) is 19.3 Å². The lowest BCUT2D eigenvalue weighted by Crippen LogP contribution is -2.43. The van der Waals surface area contributed by atoms with Crippen LogP contribution in [0.2, 0.25) is 0 Å². The molecule has 2 unspecified atom stereocenters. The zero-order valence-corrected chi connectivity index (χ0v) is 13.2. The molecule has 0 aromatic rings. The summed E-state index contributed by atoms with van der Waals surface area (Å²) in [5, 5.41) is 11.1. The van der Waals surface area contributed by atoms with Crippen LogP contribution in [0.3, 0.4) is 0 Å². The molecule has 0 fully saturated rings. The Morgan fingerprint density at radius 1 is 1.25 bits per heavy atom. The number of methoxy groups -OCH3 is 1. The number of nitrogens with one attached hydrogen (secondary N) is 1. The van der Waals surface area contributed by atoms with Crippen LogP contribution in [0, 0.1) is 5.92 Å². The number of hydrogen-bond donors (Lipinski definition) is 2. The van der Waals surface area contributed by atoms with Crippen LogP contribution in [0.5, 0.6) is 0 Å². The van der Waals surface area contributed by atoms with Gasteiger partial charge >= 0.3 is 11.9 Å². The van der Waals surface area contributed by atoms with Crippen molar-refractivity contribution in [2.45, 2.75) is 44.9 Å². The monoisotopic (exact) mass is 305 g/mol. The molecule has 116 valence electrons. The predicted molar refractivity (Wildman–Crippen MR) is 77.6 cm³/mol. The predicted octanol–water partition coefficient (Wildman–Crippen LogP) is 1.29. The second kappa shape index (κ2) is 9.63. The van der Waals surface area contributed by atoms with E-state index < -0.39 is 18.0 Å². The van der Waals surface area contributed by atoms with Crippen molar-refractivity contribution in [3.63, 3.8) is 0 Å². The molecule has 7 heteroatoms. The summed E-state index contributed by atoms with van der Waals surface area (Å²) >= 11 is 1.25. The highest BCUT2D eigenvalue weighted by molar-refractivity contribution is 8.00. The van der Waals surface area contributed by atoms with E-state index in [0.717, 1.165) is 0 Å². The molecule has 0 aromatic heterocycles. The van der Waals surface area contributed by atoms with Gasteiger partial charge in [0.25, 0.3) is 0 Å². The van der Waals surface area contributed by atoms with Gasteiger partial charge in [-0.3, -0.25) is 9.59 Å². The third kappa shape index (κ3) is 8.79. The number of amides is 1. The largest absolute Gasteiger partial charge is 0.481 e. The minimum Gasteiger partial charge on any atom is -0.481 e. The van der Waals surface area contributed by atoms with Crippen molar-refractivity contribution in [1.29, 1.82) is 0 Å². The van der Waals surface area contributed by atoms with Crippen molar-refractivity contribution in [3.05, 3.63) is 0 Å². The van der Waals surface area contributed by atoms with Crippen molar-refractivity contribution < 1.29 is 24.2 Å². The number of aliphatic carboxylic acids is 1. The summed E-state index contributed by atoms with van der Waals surface area (Å²) < 4.78 is 4.65. The van der Waals surface area contributed by atoms with Gasteiger partial charge in [0.15, 0.2) is 0 Å². The van der Waals surface area contributed by atoms with Crippen molar-refractivity contribution in [3.8, 4) is 0 Å². The van der Waals surface area contributed by atoms with Crippen LogP contribution in [0.25, 0.3) is 0 Å². The van der Waals surface area contributed by atoms with Crippen molar-refractivity contribution >= 4 is 29.6 Å². The second-order valence-electron chi connectivity index (χ2n) is 4.99. The molecule has 0 aliphatic carbocycles. The number of ether oxygens (including phenoxy) is 1. The van der Waals surface area contributed by atoms with E-state index in [2.05, 4.69) is 10.1 Å². The molecule has 0 aliphatic heterocycles. The second-order valence-corrected chi connectivity index (χ2v) is 6.42. The Morgan fingerprint density at radius 3 is 2.30 bits per heavy atom. The number of carbonyl (C=O) groups excluding carboxylic acids is 2. The van der Waals surface area contributed by atoms with E-state index in [1.54, 1.807) is 6.92 Å². The average molecular weight is 305 g/mol. The Balaban J connectivity index is 4.25. The molecule has 0 saturated carbocycles. The minimum atomic E-state index is -0.891. The molecule has 0 rings (SSSR count). The van der Waals surface area contributed by atoms with Gasteiger partial charge < -0.3 is 15.2 Å². The van der Waals surface area contributed by atoms with E-state index in [0.29, 0.717) is 6.42 Å². The lowest BCUT2D eigenvalue weighted by atomic mass is 10.0. The minimum absolute atomic E-state index is 0.00434. The Morgan fingerprint density at radius 2 is 1.85 bits per heavy atom. The average Bonchev–Trinajstić information content (AvgIpc) is 2.33. The Labute approximate surface area is 123 Å². The van der Waals surface area contributed by atoms with E-state index in [-0.39, 0.29) is 29.2 Å². The molecule has 20 heavy (non-hydrogen) atoms. The summed E-state index contributed by atoms with van der Waals surface area (Å²) in [6.45, 7) is 5.65. The summed E-state index contributed by atoms with van der Waals surface area (Å²) in [6.07, 6.45) is 0.512. The maximum absolute atomic E-state index is 11.8. The number of hydrogen-bond acceptors (Lipinski definition) is 5. The van der Waals surface area contributed by atoms with Gasteiger partial charge in [0, 0.05) is 5.25 Å². The lowest BCUT2D eigenvalue weighted by molar-refractivity contribution is -0.145. The van der Waals surface area contributed by atoms with Crippen molar-refractivity contribution in [2.24, 2.45) is 5.92 Å². The smallest absolute Gasteiger partial charge is 0.328 e. The number of carbonyl (C=O) groups is 3. The van der Waals surface area contributed by atoms with E-state index in [1.165, 1.54) is 18.9 Å². The van der Waals surface area contributed by atoms with Gasteiger partial charge in [-0.15, -0.1) is 11.8 Å². The van der Waals surface area contributed by atoms with Gasteiger partial charge in [-0.25, -0.2) is 4.79 Å². The molecule has 2 atom stereocenters. The zero-order valence-electron chi connectivity index (χ0n) is 12.3. The van der Waals surface area contributed by atoms with Gasteiger partial charge in [-0.2, -0.15) is 0 Å². The maximum atomic E-state index is 11.8. The number of thioether (sulfide) groups is 1. The van der Waals surface area contributed by atoms with Crippen molar-refractivity contribution in [2.75, 3.05) is 12.9 Å². The molecule has 0 aliphatic rings. The van der Waals surface area contributed by atoms with Gasteiger partial charge in [-0.1, -0.05) is 20.8 Å². The molecular formula is C13H23NO5S. The SMILES string of the molecule is COC(=O)C(CC(C)C)NC(=O)CSC(C)CC(=O)O. The summed E-state index contributed by atoms with van der Waals surface area (Å²) in [4.78, 5) is 33.8. The summed E-state index contributed by atoms with van der Waals surface area (Å²) in [7, 11) is 1.28. The molecule has 0 aromatic carbocycles. The van der Waals surface area contributed by atoms with Crippen molar-refractivity contribution in [1.82, 2.24) is 5.32 Å². The summed E-state index contributed by atoms with van der Waals surface area (Å²) in [5.41, 5.74) is 0. The van der Waals surface area contributed by atoms with Crippen LogP contribution in [-0.2, 0) is 19.1 Å². The Hall–Kier alpha value is -1.24. The molecule has 2 N–H and O–H groups in total. The molecule has 0 heterocycles. The van der Waals surface area contributed by atoms with E-state index >= 15 is 0 Å². The molecule has 0 saturated heterocycles. The normalized spacial score (nSPS) is 13.7. The first-order valence-electron chi connectivity index (χ1n) is 6.46. The van der Waals surface area contributed by atoms with Crippen LogP contribution >= 0.6 is 11.8 Å². The fourth-order valence-electron chi connectivity index (χ4n) is 1.59. The van der Waals surface area contributed by atoms with E-state index in [1.807, 2.05) is 13.8 Å². The van der Waals surface area contributed by atoms with Crippen LogP contribution < -0.4 is 5.32 Å². The Bertz CT molecular complexity index is 346. The highest BCUT2D eigenvalue weighted by atomic mass is 32.2. The molecule has 0 bridgehead atoms. The molecule has 0 spiro atoms. The number of rotatable bonds is 9. The third-order valence-corrected chi connectivity index (χ3v) is 3.65. The fourth-order valence-corrected chi connectivity index (χ4v) is 2.37. The first-order chi connectivity index (χ1) is 9.26. The molecule has 0 radical (unpaired) electrons. The van der Waals surface area contributed by atoms with E-state index in [4.69, 9.17) is 5.11 Å². The van der Waals surface area contributed by atoms with Crippen LogP contribution in [0.4, 0.5) is 0 Å². The lowest BCUT2D eigenvalue weighted by Gasteiger charge is -2.18. The maximum Gasteiger partial charge on any atom is 0.328 e. The van der Waals surface area contributed by atoms with Crippen LogP contribution in [0.1, 0.15) is 33.6 Å². The van der Waals surface area contributed by atoms with Gasteiger partial charge in [0.1, 0.15) is 6.04 Å². The van der Waals surface area contributed by atoms with Crippen LogP contribution in [-0.4, -0.2) is 47.1 Å². The first kappa shape index (κ1) is 18.8. The Kier molecular flexibility index (Phi) is 9.03. The molecule has 6 nitrogen and oxygen atoms in total. The fraction of sp³-hybridized carbons (Fsp3) is 0.769. The summed E-state index contributed by atoms with van der Waals surface area (Å²) in [6, 6.07) is -0.650. The number of carboxylic acids is 1. The van der Waals surface area contributed by atoms with Gasteiger partial charge in [-0.05, 0) is 12.3 Å². The highest BCUT2D eigenvalue weighted by Gasteiger charge is 2.22. The first-order valence-corrected chi connectivity index (χ1v) is 7.51. The highest BCUT2D eigenvalue weighted by Crippen LogP contribution is 2.14. The van der Waals surface area contributed by atoms with E-state index in [9.17, 15) is 14.4 Å². The van der Waals surface area contributed by atoms with Crippen LogP contribution in [0.15, 0.2) is 0 Å². The van der Waals surface area contributed by atoms with Gasteiger partial charge in [0.2, 0.25) is 5.91 Å². The zero-order chi connectivity index (χ0) is 15.7. The number of carboxylic acid groups (broad SMARTS) is 1. The molecular weight excluding hydrogens is 282 g/mol. The summed E-state index contributed by atoms with van der Waals surface area (Å²) in [5.74, 6) is -1.27. The topological polar surface area (TPSA) is 92.7 Å². The third-order valence-electron chi connectivity index (χ3n) is 2.49.